The van der Waals surface area contributed by atoms with Crippen LogP contribution in [0.1, 0.15) is 37.8 Å². The predicted octanol–water partition coefficient (Wildman–Crippen LogP) is 2.91. The van der Waals surface area contributed by atoms with Crippen molar-refractivity contribution in [2.75, 3.05) is 11.4 Å². The van der Waals surface area contributed by atoms with E-state index in [9.17, 15) is 14.4 Å². The largest absolute Gasteiger partial charge is 0.481 e. The summed E-state index contributed by atoms with van der Waals surface area (Å²) < 4.78 is 5.61. The number of carbonyl (C=O) groups is 3. The first kappa shape index (κ1) is 20.4. The van der Waals surface area contributed by atoms with Gasteiger partial charge in [-0.15, -0.1) is 0 Å². The molecular weight excluding hydrogens is 372 g/mol. The molecule has 0 fully saturated rings. The molecule has 2 aromatic rings. The summed E-state index contributed by atoms with van der Waals surface area (Å²) in [4.78, 5) is 37.6. The second-order valence-electron chi connectivity index (χ2n) is 6.93. The maximum atomic E-state index is 12.6. The van der Waals surface area contributed by atoms with Gasteiger partial charge in [0.15, 0.2) is 6.10 Å². The number of fused-ring (bicyclic) bond motifs is 1. The van der Waals surface area contributed by atoms with Gasteiger partial charge >= 0.3 is 5.97 Å². The Kier molecular flexibility index (Phi) is 6.49. The molecule has 2 aromatic carbocycles. The number of hydrogen-bond acceptors (Lipinski definition) is 4. The van der Waals surface area contributed by atoms with Crippen LogP contribution in [-0.2, 0) is 14.4 Å². The first-order valence-electron chi connectivity index (χ1n) is 9.59. The molecule has 1 aliphatic rings. The summed E-state index contributed by atoms with van der Waals surface area (Å²) in [5.74, 6) is -0.732. The molecular formula is C22H24N2O5. The first-order chi connectivity index (χ1) is 14.0. The molecule has 29 heavy (non-hydrogen) atoms. The Bertz CT molecular complexity index is 884. The van der Waals surface area contributed by atoms with Gasteiger partial charge in [-0.05, 0) is 31.0 Å². The van der Waals surface area contributed by atoms with Gasteiger partial charge in [0.2, 0.25) is 5.91 Å². The van der Waals surface area contributed by atoms with E-state index in [2.05, 4.69) is 5.32 Å². The van der Waals surface area contributed by atoms with Gasteiger partial charge < -0.3 is 20.1 Å². The molecule has 0 radical (unpaired) electrons. The SMILES string of the molecule is C[C@H]1Oc2ccccc2N(CCC(=O)N[C@H](CCC(=O)O)c2ccccc2)C1=O. The van der Waals surface area contributed by atoms with Crippen molar-refractivity contribution in [3.63, 3.8) is 0 Å². The molecule has 2 amide bonds. The quantitative estimate of drug-likeness (QED) is 0.715. The minimum absolute atomic E-state index is 0.0489. The number of aliphatic carboxylic acids is 1. The van der Waals surface area contributed by atoms with Gasteiger partial charge in [-0.25, -0.2) is 0 Å². The van der Waals surface area contributed by atoms with E-state index in [0.717, 1.165) is 5.56 Å². The lowest BCUT2D eigenvalue weighted by atomic mass is 10.0. The molecule has 0 saturated heterocycles. The monoisotopic (exact) mass is 396 g/mol. The maximum Gasteiger partial charge on any atom is 0.303 e. The number of carboxylic acid groups (broad SMARTS) is 1. The van der Waals surface area contributed by atoms with E-state index in [4.69, 9.17) is 9.84 Å². The smallest absolute Gasteiger partial charge is 0.303 e. The lowest BCUT2D eigenvalue weighted by Gasteiger charge is -2.33. The summed E-state index contributed by atoms with van der Waals surface area (Å²) in [6, 6.07) is 16.1. The fraction of sp³-hybridized carbons (Fsp3) is 0.318. The van der Waals surface area contributed by atoms with Crippen molar-refractivity contribution < 1.29 is 24.2 Å². The molecule has 1 aliphatic heterocycles. The highest BCUT2D eigenvalue weighted by Crippen LogP contribution is 2.33. The third-order valence-electron chi connectivity index (χ3n) is 4.82. The van der Waals surface area contributed by atoms with Gasteiger partial charge in [0, 0.05) is 19.4 Å². The molecule has 7 nitrogen and oxygen atoms in total. The zero-order valence-corrected chi connectivity index (χ0v) is 16.2. The van der Waals surface area contributed by atoms with Gasteiger partial charge in [-0.2, -0.15) is 0 Å². The fourth-order valence-electron chi connectivity index (χ4n) is 3.34. The number of nitrogens with one attached hydrogen (secondary N) is 1. The predicted molar refractivity (Wildman–Crippen MR) is 108 cm³/mol. The van der Waals surface area contributed by atoms with E-state index in [1.165, 1.54) is 0 Å². The van der Waals surface area contributed by atoms with Gasteiger partial charge in [-0.1, -0.05) is 42.5 Å². The fourth-order valence-corrected chi connectivity index (χ4v) is 3.34. The van der Waals surface area contributed by atoms with Crippen LogP contribution in [0.5, 0.6) is 5.75 Å². The van der Waals surface area contributed by atoms with Crippen LogP contribution in [0.3, 0.4) is 0 Å². The zero-order chi connectivity index (χ0) is 20.8. The van der Waals surface area contributed by atoms with Crippen LogP contribution in [0.15, 0.2) is 54.6 Å². The number of para-hydroxylation sites is 2. The Morgan fingerprint density at radius 3 is 2.52 bits per heavy atom. The van der Waals surface area contributed by atoms with E-state index in [1.54, 1.807) is 24.0 Å². The lowest BCUT2D eigenvalue weighted by Crippen LogP contribution is -2.46. The van der Waals surface area contributed by atoms with E-state index < -0.39 is 18.1 Å². The van der Waals surface area contributed by atoms with Crippen molar-refractivity contribution in [3.8, 4) is 5.75 Å². The Morgan fingerprint density at radius 1 is 1.10 bits per heavy atom. The lowest BCUT2D eigenvalue weighted by molar-refractivity contribution is -0.137. The number of benzene rings is 2. The van der Waals surface area contributed by atoms with Crippen LogP contribution in [0.2, 0.25) is 0 Å². The van der Waals surface area contributed by atoms with Gasteiger partial charge in [-0.3, -0.25) is 14.4 Å². The number of carboxylic acids is 1. The van der Waals surface area contributed by atoms with Gasteiger partial charge in [0.1, 0.15) is 5.75 Å². The number of rotatable bonds is 8. The molecule has 2 N–H and O–H groups in total. The summed E-state index contributed by atoms with van der Waals surface area (Å²) in [7, 11) is 0. The average Bonchev–Trinajstić information content (AvgIpc) is 2.72. The highest BCUT2D eigenvalue weighted by atomic mass is 16.5. The molecule has 2 atom stereocenters. The molecule has 0 aliphatic carbocycles. The summed E-state index contributed by atoms with van der Waals surface area (Å²) in [5.41, 5.74) is 1.50. The summed E-state index contributed by atoms with van der Waals surface area (Å²) in [5, 5.41) is 11.9. The summed E-state index contributed by atoms with van der Waals surface area (Å²) >= 11 is 0. The van der Waals surface area contributed by atoms with Crippen molar-refractivity contribution in [3.05, 3.63) is 60.2 Å². The van der Waals surface area contributed by atoms with E-state index in [1.807, 2.05) is 42.5 Å². The molecule has 152 valence electrons. The Hall–Kier alpha value is -3.35. The molecule has 0 bridgehead atoms. The highest BCUT2D eigenvalue weighted by molar-refractivity contribution is 6.00. The number of hydrogen-bond donors (Lipinski definition) is 2. The van der Waals surface area contributed by atoms with Crippen LogP contribution >= 0.6 is 0 Å². The van der Waals surface area contributed by atoms with Crippen LogP contribution in [-0.4, -0.2) is 35.5 Å². The Labute approximate surface area is 169 Å². The number of ether oxygens (including phenoxy) is 1. The van der Waals surface area contributed by atoms with E-state index in [-0.39, 0.29) is 31.2 Å². The highest BCUT2D eigenvalue weighted by Gasteiger charge is 2.31. The van der Waals surface area contributed by atoms with Crippen molar-refractivity contribution >= 4 is 23.5 Å². The second-order valence-corrected chi connectivity index (χ2v) is 6.93. The summed E-state index contributed by atoms with van der Waals surface area (Å²) in [6.45, 7) is 1.90. The zero-order valence-electron chi connectivity index (χ0n) is 16.2. The Morgan fingerprint density at radius 2 is 1.79 bits per heavy atom. The van der Waals surface area contributed by atoms with Gasteiger partial charge in [0.05, 0.1) is 11.7 Å². The van der Waals surface area contributed by atoms with Crippen LogP contribution < -0.4 is 15.0 Å². The van der Waals surface area contributed by atoms with E-state index in [0.29, 0.717) is 17.9 Å². The molecule has 1 heterocycles. The van der Waals surface area contributed by atoms with Crippen molar-refractivity contribution in [1.82, 2.24) is 5.32 Å². The van der Waals surface area contributed by atoms with Crippen LogP contribution in [0, 0.1) is 0 Å². The third-order valence-corrected chi connectivity index (χ3v) is 4.82. The maximum absolute atomic E-state index is 12.6. The normalized spacial score (nSPS) is 16.5. The molecule has 3 rings (SSSR count). The minimum atomic E-state index is -0.912. The molecule has 0 aromatic heterocycles. The number of amides is 2. The molecule has 0 saturated carbocycles. The van der Waals surface area contributed by atoms with Crippen molar-refractivity contribution in [2.24, 2.45) is 0 Å². The Balaban J connectivity index is 1.66. The molecule has 0 unspecified atom stereocenters. The standard InChI is InChI=1S/C22H24N2O5/c1-15-22(28)24(18-9-5-6-10-19(18)29-15)14-13-20(25)23-17(11-12-21(26)27)16-7-3-2-4-8-16/h2-10,15,17H,11-14H2,1H3,(H,23,25)(H,26,27)/t15-,17-/m1/s1. The van der Waals surface area contributed by atoms with Crippen molar-refractivity contribution in [1.29, 1.82) is 0 Å². The minimum Gasteiger partial charge on any atom is -0.481 e. The number of anilines is 1. The number of carbonyl (C=O) groups excluding carboxylic acids is 2. The number of nitrogens with zero attached hydrogens (tertiary/aromatic N) is 1. The van der Waals surface area contributed by atoms with E-state index >= 15 is 0 Å². The molecule has 7 heteroatoms. The average molecular weight is 396 g/mol. The first-order valence-corrected chi connectivity index (χ1v) is 9.59. The van der Waals surface area contributed by atoms with Crippen molar-refractivity contribution in [2.45, 2.75) is 38.3 Å². The third kappa shape index (κ3) is 5.13. The van der Waals surface area contributed by atoms with Crippen LogP contribution in [0.4, 0.5) is 5.69 Å². The second kappa shape index (κ2) is 9.23. The van der Waals surface area contributed by atoms with Crippen LogP contribution in [0.25, 0.3) is 0 Å². The van der Waals surface area contributed by atoms with Gasteiger partial charge in [0.25, 0.3) is 5.91 Å². The molecule has 0 spiro atoms. The summed E-state index contributed by atoms with van der Waals surface area (Å²) in [6.07, 6.45) is -0.266. The topological polar surface area (TPSA) is 95.9 Å².